The van der Waals surface area contributed by atoms with Gasteiger partial charge in [-0.05, 0) is 25.8 Å². The molecule has 1 fully saturated rings. The Kier molecular flexibility index (Phi) is 5.61. The Morgan fingerprint density at radius 3 is 2.58 bits per heavy atom. The van der Waals surface area contributed by atoms with Crippen molar-refractivity contribution in [2.75, 3.05) is 26.0 Å². The zero-order valence-electron chi connectivity index (χ0n) is 15.2. The van der Waals surface area contributed by atoms with E-state index >= 15 is 0 Å². The quantitative estimate of drug-likeness (QED) is 0.766. The zero-order chi connectivity index (χ0) is 19.1. The first-order valence-corrected chi connectivity index (χ1v) is 11.1. The molecule has 2 aromatic rings. The molecule has 3 heterocycles. The molecule has 0 bridgehead atoms. The van der Waals surface area contributed by atoms with Gasteiger partial charge >= 0.3 is 5.69 Å². The summed E-state index contributed by atoms with van der Waals surface area (Å²) in [6, 6.07) is 0. The summed E-state index contributed by atoms with van der Waals surface area (Å²) >= 11 is 1.38. The largest absolute Gasteiger partial charge is 0.383 e. The van der Waals surface area contributed by atoms with Crippen molar-refractivity contribution < 1.29 is 13.8 Å². The highest BCUT2D eigenvalue weighted by molar-refractivity contribution is 8.22. The molecule has 0 saturated carbocycles. The maximum absolute atomic E-state index is 12.8. The summed E-state index contributed by atoms with van der Waals surface area (Å²) in [6.07, 6.45) is 0.744. The number of thiophene rings is 1. The fourth-order valence-electron chi connectivity index (χ4n) is 3.30. The van der Waals surface area contributed by atoms with Gasteiger partial charge in [-0.3, -0.25) is 23.0 Å². The van der Waals surface area contributed by atoms with Crippen molar-refractivity contribution in [1.29, 1.82) is 0 Å². The van der Waals surface area contributed by atoms with Crippen molar-refractivity contribution in [3.05, 3.63) is 31.3 Å². The average molecular weight is 404 g/mol. The van der Waals surface area contributed by atoms with Gasteiger partial charge in [-0.15, -0.1) is 22.1 Å². The minimum Gasteiger partial charge on any atom is -0.383 e. The number of fused-ring (bicyclic) bond motifs is 1. The van der Waals surface area contributed by atoms with Crippen LogP contribution in [0.3, 0.4) is 0 Å². The monoisotopic (exact) mass is 403 g/mol. The molecule has 10 heteroatoms. The lowest BCUT2D eigenvalue weighted by molar-refractivity contribution is 0.186. The highest BCUT2D eigenvalue weighted by Gasteiger charge is 2.30. The van der Waals surface area contributed by atoms with E-state index in [1.54, 1.807) is 22.9 Å². The summed E-state index contributed by atoms with van der Waals surface area (Å²) in [7, 11) is -1.16. The minimum absolute atomic E-state index is 0.283. The van der Waals surface area contributed by atoms with Crippen molar-refractivity contribution in [2.24, 2.45) is 0 Å². The normalized spacial score (nSPS) is 18.7. The fraction of sp³-hybridized carbons (Fsp3) is 0.625. The van der Waals surface area contributed by atoms with Gasteiger partial charge in [0.05, 0.1) is 30.8 Å². The fourth-order valence-corrected chi connectivity index (χ4v) is 6.25. The Morgan fingerprint density at radius 1 is 1.27 bits per heavy atom. The molecule has 3 rings (SSSR count). The first kappa shape index (κ1) is 19.6. The predicted octanol–water partition coefficient (Wildman–Crippen LogP) is 2.07. The molecular weight excluding hydrogens is 378 g/mol. The lowest BCUT2D eigenvalue weighted by Crippen LogP contribution is -2.39. The Labute approximate surface area is 157 Å². The summed E-state index contributed by atoms with van der Waals surface area (Å²) in [4.78, 5) is 27.0. The van der Waals surface area contributed by atoms with Crippen molar-refractivity contribution in [1.82, 2.24) is 13.4 Å². The number of aromatic nitrogens is 2. The van der Waals surface area contributed by atoms with Crippen LogP contribution in [-0.2, 0) is 24.4 Å². The van der Waals surface area contributed by atoms with Gasteiger partial charge < -0.3 is 4.74 Å². The molecule has 1 aliphatic rings. The van der Waals surface area contributed by atoms with E-state index in [2.05, 4.69) is 0 Å². The molecule has 0 aromatic carbocycles. The standard InChI is InChI=1S/C16H25N3O5S2/c1-4-18-14(20)13-11(2)12(10-17-6-5-9-26(17,22)23)25-15(13)19(16(18)21)7-8-24-3/h22-23H,4-10H2,1-3H3. The molecule has 26 heavy (non-hydrogen) atoms. The third kappa shape index (κ3) is 3.25. The number of hydrogen-bond donors (Lipinski definition) is 2. The van der Waals surface area contributed by atoms with Crippen molar-refractivity contribution in [2.45, 2.75) is 39.9 Å². The first-order chi connectivity index (χ1) is 12.3. The second-order valence-electron chi connectivity index (χ2n) is 6.36. The molecule has 0 unspecified atom stereocenters. The van der Waals surface area contributed by atoms with Crippen molar-refractivity contribution >= 4 is 32.3 Å². The van der Waals surface area contributed by atoms with Crippen LogP contribution >= 0.6 is 22.1 Å². The SMILES string of the molecule is CCn1c(=O)c2c(C)c(CN3CCCS3(O)O)sc2n(CCOC)c1=O. The van der Waals surface area contributed by atoms with Crippen LogP contribution in [0.15, 0.2) is 9.59 Å². The van der Waals surface area contributed by atoms with E-state index in [0.717, 1.165) is 16.9 Å². The van der Waals surface area contributed by atoms with Crippen molar-refractivity contribution in [3.63, 3.8) is 0 Å². The van der Waals surface area contributed by atoms with E-state index in [0.29, 0.717) is 48.8 Å². The number of aryl methyl sites for hydroxylation is 1. The Bertz CT molecular complexity index is 931. The summed E-state index contributed by atoms with van der Waals surface area (Å²) < 4.78 is 30.0. The van der Waals surface area contributed by atoms with Crippen LogP contribution in [0.2, 0.25) is 0 Å². The van der Waals surface area contributed by atoms with Gasteiger partial charge in [0.25, 0.3) is 5.56 Å². The van der Waals surface area contributed by atoms with Crippen LogP contribution in [-0.4, -0.2) is 48.6 Å². The summed E-state index contributed by atoms with van der Waals surface area (Å²) in [5.74, 6) is 0.387. The Hall–Kier alpha value is -1.17. The molecule has 0 amide bonds. The van der Waals surface area contributed by atoms with E-state index < -0.39 is 10.8 Å². The van der Waals surface area contributed by atoms with E-state index in [-0.39, 0.29) is 11.2 Å². The molecule has 146 valence electrons. The van der Waals surface area contributed by atoms with Gasteiger partial charge in [0.2, 0.25) is 0 Å². The summed E-state index contributed by atoms with van der Waals surface area (Å²) in [6.45, 7) is 5.67. The van der Waals surface area contributed by atoms with Crippen LogP contribution in [0, 0.1) is 6.92 Å². The second kappa shape index (κ2) is 7.45. The summed E-state index contributed by atoms with van der Waals surface area (Å²) in [5, 5.41) is 0.540. The molecule has 1 saturated heterocycles. The lowest BCUT2D eigenvalue weighted by Gasteiger charge is -2.36. The van der Waals surface area contributed by atoms with Crippen LogP contribution < -0.4 is 11.2 Å². The Balaban J connectivity index is 2.16. The molecule has 2 N–H and O–H groups in total. The number of methoxy groups -OCH3 is 1. The smallest absolute Gasteiger partial charge is 0.332 e. The third-order valence-corrected chi connectivity index (χ3v) is 8.06. The lowest BCUT2D eigenvalue weighted by atomic mass is 10.2. The van der Waals surface area contributed by atoms with Crippen molar-refractivity contribution in [3.8, 4) is 0 Å². The predicted molar refractivity (Wildman–Crippen MR) is 105 cm³/mol. The van der Waals surface area contributed by atoms with Gasteiger partial charge in [-0.25, -0.2) is 9.10 Å². The highest BCUT2D eigenvalue weighted by atomic mass is 32.3. The van der Waals surface area contributed by atoms with Gasteiger partial charge in [0.15, 0.2) is 0 Å². The second-order valence-corrected chi connectivity index (χ2v) is 9.63. The minimum atomic E-state index is -2.73. The van der Waals surface area contributed by atoms with E-state index in [1.165, 1.54) is 15.9 Å². The summed E-state index contributed by atoms with van der Waals surface area (Å²) in [5.41, 5.74) is 0.194. The maximum Gasteiger partial charge on any atom is 0.332 e. The first-order valence-electron chi connectivity index (χ1n) is 8.57. The van der Waals surface area contributed by atoms with Gasteiger partial charge in [0, 0.05) is 25.1 Å². The zero-order valence-corrected chi connectivity index (χ0v) is 16.9. The van der Waals surface area contributed by atoms with E-state index in [1.807, 2.05) is 6.92 Å². The molecule has 8 nitrogen and oxygen atoms in total. The molecule has 0 spiro atoms. The molecule has 0 aliphatic carbocycles. The topological polar surface area (TPSA) is 96.9 Å². The number of hydrogen-bond acceptors (Lipinski definition) is 7. The van der Waals surface area contributed by atoms with Crippen LogP contribution in [0.5, 0.6) is 0 Å². The number of rotatable bonds is 6. The van der Waals surface area contributed by atoms with Gasteiger partial charge in [0.1, 0.15) is 4.83 Å². The van der Waals surface area contributed by atoms with Gasteiger partial charge in [-0.2, -0.15) is 0 Å². The molecule has 1 aliphatic heterocycles. The van der Waals surface area contributed by atoms with Gasteiger partial charge in [-0.1, -0.05) is 0 Å². The van der Waals surface area contributed by atoms with E-state index in [9.17, 15) is 18.7 Å². The van der Waals surface area contributed by atoms with Crippen LogP contribution in [0.4, 0.5) is 0 Å². The number of nitrogens with zero attached hydrogens (tertiary/aromatic N) is 3. The molecule has 2 aromatic heterocycles. The van der Waals surface area contributed by atoms with Crippen LogP contribution in [0.25, 0.3) is 10.2 Å². The highest BCUT2D eigenvalue weighted by Crippen LogP contribution is 2.49. The molecule has 0 radical (unpaired) electrons. The molecule has 0 atom stereocenters. The van der Waals surface area contributed by atoms with E-state index in [4.69, 9.17) is 4.74 Å². The number of ether oxygens (including phenoxy) is 1. The third-order valence-electron chi connectivity index (χ3n) is 4.79. The van der Waals surface area contributed by atoms with Crippen LogP contribution in [0.1, 0.15) is 23.8 Å². The average Bonchev–Trinajstić information content (AvgIpc) is 3.08. The Morgan fingerprint density at radius 2 is 2.00 bits per heavy atom. The maximum atomic E-state index is 12.8. The molecular formula is C16H25N3O5S2.